The van der Waals surface area contributed by atoms with E-state index in [0.717, 1.165) is 6.42 Å². The van der Waals surface area contributed by atoms with E-state index < -0.39 is 12.1 Å². The van der Waals surface area contributed by atoms with Crippen LogP contribution in [0.25, 0.3) is 0 Å². The first-order chi connectivity index (χ1) is 4.69. The van der Waals surface area contributed by atoms with Gasteiger partial charge in [0.15, 0.2) is 0 Å². The summed E-state index contributed by atoms with van der Waals surface area (Å²) in [6, 6.07) is 0. The molecule has 0 aromatic rings. The van der Waals surface area contributed by atoms with Crippen molar-refractivity contribution in [3.8, 4) is 0 Å². The molecule has 1 aliphatic rings. The minimum atomic E-state index is -1.41. The predicted molar refractivity (Wildman–Crippen MR) is 33.2 cm³/mol. The van der Waals surface area contributed by atoms with Crippen LogP contribution >= 0.6 is 0 Å². The zero-order valence-corrected chi connectivity index (χ0v) is 5.91. The Hall–Kier alpha value is -0.160. The van der Waals surface area contributed by atoms with Crippen molar-refractivity contribution >= 4 is 0 Å². The van der Waals surface area contributed by atoms with Gasteiger partial charge in [0.05, 0.1) is 0 Å². The van der Waals surface area contributed by atoms with Crippen LogP contribution in [0.5, 0.6) is 0 Å². The molecule has 4 nitrogen and oxygen atoms in total. The second kappa shape index (κ2) is 2.84. The summed E-state index contributed by atoms with van der Waals surface area (Å²) < 4.78 is 9.38. The lowest BCUT2D eigenvalue weighted by Gasteiger charge is -2.03. The fourth-order valence-electron chi connectivity index (χ4n) is 0.627. The number of epoxide rings is 1. The maximum atomic E-state index is 9.03. The van der Waals surface area contributed by atoms with Crippen LogP contribution < -0.4 is 0 Å². The van der Waals surface area contributed by atoms with Crippen LogP contribution in [0, 0.1) is 0 Å². The van der Waals surface area contributed by atoms with Crippen molar-refractivity contribution < 1.29 is 19.7 Å². The Balaban J connectivity index is 2.03. The van der Waals surface area contributed by atoms with Crippen LogP contribution in [-0.4, -0.2) is 35.5 Å². The molecule has 4 heteroatoms. The minimum Gasteiger partial charge on any atom is -0.376 e. The Bertz CT molecular complexity index is 116. The highest BCUT2D eigenvalue weighted by Crippen LogP contribution is 2.30. The molecule has 0 aromatic carbocycles. The Morgan fingerprint density at radius 3 is 2.70 bits per heavy atom. The molecule has 1 heterocycles. The molecule has 0 aliphatic carbocycles. The van der Waals surface area contributed by atoms with E-state index in [1.807, 2.05) is 6.92 Å². The summed E-state index contributed by atoms with van der Waals surface area (Å²) in [4.78, 5) is 0. The normalized spacial score (nSPS) is 38.1. The number of ether oxygens (including phenoxy) is 2. The van der Waals surface area contributed by atoms with Gasteiger partial charge in [0.2, 0.25) is 12.1 Å². The molecule has 1 rings (SSSR count). The van der Waals surface area contributed by atoms with E-state index in [4.69, 9.17) is 14.9 Å². The molecule has 0 amide bonds. The predicted octanol–water partition coefficient (Wildman–Crippen LogP) is -0.550. The van der Waals surface area contributed by atoms with Gasteiger partial charge >= 0.3 is 0 Å². The van der Waals surface area contributed by atoms with E-state index in [1.54, 1.807) is 0 Å². The third kappa shape index (κ3) is 1.67. The average Bonchev–Trinajstić information content (AvgIpc) is 2.42. The first-order valence-corrected chi connectivity index (χ1v) is 3.35. The van der Waals surface area contributed by atoms with E-state index >= 15 is 0 Å². The topological polar surface area (TPSA) is 62.2 Å². The summed E-state index contributed by atoms with van der Waals surface area (Å²) in [7, 11) is 0. The highest BCUT2D eigenvalue weighted by molar-refractivity contribution is 4.83. The molecule has 1 aliphatic heterocycles. The smallest absolute Gasteiger partial charge is 0.244 e. The molecular weight excluding hydrogens is 136 g/mol. The second-order valence-corrected chi connectivity index (χ2v) is 2.37. The molecule has 0 radical (unpaired) electrons. The van der Waals surface area contributed by atoms with Gasteiger partial charge in [-0.3, -0.25) is 0 Å². The van der Waals surface area contributed by atoms with Crippen molar-refractivity contribution in [2.45, 2.75) is 25.4 Å². The fraction of sp³-hybridized carbons (Fsp3) is 1.00. The number of rotatable bonds is 4. The second-order valence-electron chi connectivity index (χ2n) is 2.37. The first kappa shape index (κ1) is 7.94. The highest BCUT2D eigenvalue weighted by atomic mass is 16.8. The molecule has 1 saturated heterocycles. The van der Waals surface area contributed by atoms with Gasteiger partial charge in [0.25, 0.3) is 0 Å². The first-order valence-electron chi connectivity index (χ1n) is 3.35. The quantitative estimate of drug-likeness (QED) is 0.415. The van der Waals surface area contributed by atoms with Crippen LogP contribution in [0.2, 0.25) is 0 Å². The van der Waals surface area contributed by atoms with Gasteiger partial charge in [0.1, 0.15) is 6.61 Å². The van der Waals surface area contributed by atoms with Gasteiger partial charge in [-0.1, -0.05) is 6.92 Å². The Kier molecular flexibility index (Phi) is 2.25. The summed E-state index contributed by atoms with van der Waals surface area (Å²) in [5.41, 5.74) is 0. The van der Waals surface area contributed by atoms with E-state index in [9.17, 15) is 0 Å². The number of aliphatic hydroxyl groups is 2. The van der Waals surface area contributed by atoms with Crippen molar-refractivity contribution in [2.75, 3.05) is 13.2 Å². The van der Waals surface area contributed by atoms with E-state index in [-0.39, 0.29) is 6.61 Å². The molecule has 10 heavy (non-hydrogen) atoms. The highest BCUT2D eigenvalue weighted by Gasteiger charge is 2.55. The van der Waals surface area contributed by atoms with Gasteiger partial charge in [0, 0.05) is 6.61 Å². The molecule has 0 saturated carbocycles. The molecule has 0 spiro atoms. The van der Waals surface area contributed by atoms with Crippen molar-refractivity contribution in [3.63, 3.8) is 0 Å². The Morgan fingerprint density at radius 1 is 1.70 bits per heavy atom. The summed E-state index contributed by atoms with van der Waals surface area (Å²) in [5, 5.41) is 17.7. The van der Waals surface area contributed by atoms with E-state index in [0.29, 0.717) is 6.61 Å². The molecule has 2 N–H and O–H groups in total. The monoisotopic (exact) mass is 148 g/mol. The van der Waals surface area contributed by atoms with E-state index in [1.165, 1.54) is 0 Å². The van der Waals surface area contributed by atoms with Crippen molar-refractivity contribution in [2.24, 2.45) is 0 Å². The lowest BCUT2D eigenvalue weighted by atomic mass is 10.4. The van der Waals surface area contributed by atoms with Crippen LogP contribution in [0.15, 0.2) is 0 Å². The summed E-state index contributed by atoms with van der Waals surface area (Å²) >= 11 is 0. The fourth-order valence-corrected chi connectivity index (χ4v) is 0.627. The Labute approximate surface area is 59.4 Å². The lowest BCUT2D eigenvalue weighted by molar-refractivity contribution is -0.0455. The third-order valence-electron chi connectivity index (χ3n) is 1.30. The molecule has 2 atom stereocenters. The summed E-state index contributed by atoms with van der Waals surface area (Å²) in [6.45, 7) is 2.61. The SMILES string of the molecule is CCCOCC1(O)OC1O. The molecule has 0 aromatic heterocycles. The minimum absolute atomic E-state index is 0.0575. The number of hydrogen-bond acceptors (Lipinski definition) is 4. The van der Waals surface area contributed by atoms with Crippen LogP contribution in [0.1, 0.15) is 13.3 Å². The average molecular weight is 148 g/mol. The zero-order valence-electron chi connectivity index (χ0n) is 5.91. The lowest BCUT2D eigenvalue weighted by Crippen LogP contribution is -2.21. The summed E-state index contributed by atoms with van der Waals surface area (Å²) in [6.07, 6.45) is -0.157. The van der Waals surface area contributed by atoms with E-state index in [2.05, 4.69) is 4.74 Å². The van der Waals surface area contributed by atoms with Gasteiger partial charge < -0.3 is 19.7 Å². The van der Waals surface area contributed by atoms with Crippen LogP contribution in [0.3, 0.4) is 0 Å². The van der Waals surface area contributed by atoms with Crippen molar-refractivity contribution in [1.29, 1.82) is 0 Å². The van der Waals surface area contributed by atoms with Gasteiger partial charge in [-0.15, -0.1) is 0 Å². The molecule has 1 fully saturated rings. The third-order valence-corrected chi connectivity index (χ3v) is 1.30. The van der Waals surface area contributed by atoms with Gasteiger partial charge in [-0.25, -0.2) is 0 Å². The molecule has 2 unspecified atom stereocenters. The standard InChI is InChI=1S/C6H12O4/c1-2-3-9-4-6(8)5(7)10-6/h5,7-8H,2-4H2,1H3. The number of aliphatic hydroxyl groups excluding tert-OH is 1. The Morgan fingerprint density at radius 2 is 2.30 bits per heavy atom. The molecule has 60 valence electrons. The maximum absolute atomic E-state index is 9.03. The summed E-state index contributed by atoms with van der Waals surface area (Å²) in [5.74, 6) is -1.41. The zero-order chi connectivity index (χ0) is 7.61. The van der Waals surface area contributed by atoms with Crippen LogP contribution in [0.4, 0.5) is 0 Å². The van der Waals surface area contributed by atoms with Gasteiger partial charge in [-0.2, -0.15) is 0 Å². The van der Waals surface area contributed by atoms with Gasteiger partial charge in [-0.05, 0) is 6.42 Å². The van der Waals surface area contributed by atoms with Crippen molar-refractivity contribution in [1.82, 2.24) is 0 Å². The maximum Gasteiger partial charge on any atom is 0.244 e. The largest absolute Gasteiger partial charge is 0.376 e. The number of hydrogen-bond donors (Lipinski definition) is 2. The molecule has 0 bridgehead atoms. The van der Waals surface area contributed by atoms with Crippen LogP contribution in [-0.2, 0) is 9.47 Å². The molecular formula is C6H12O4. The van der Waals surface area contributed by atoms with Crippen molar-refractivity contribution in [3.05, 3.63) is 0 Å².